The maximum absolute atomic E-state index is 4.45. The summed E-state index contributed by atoms with van der Waals surface area (Å²) in [5.41, 5.74) is 3.29. The molecular weight excluding hydrogens is 240 g/mol. The number of aromatic nitrogens is 2. The maximum atomic E-state index is 4.45. The molecule has 3 heteroatoms. The highest BCUT2D eigenvalue weighted by atomic mass is 79.9. The van der Waals surface area contributed by atoms with Crippen LogP contribution in [0.2, 0.25) is 0 Å². The van der Waals surface area contributed by atoms with Gasteiger partial charge in [0.2, 0.25) is 0 Å². The fraction of sp³-hybridized carbons (Fsp3) is 0.182. The lowest BCUT2D eigenvalue weighted by Crippen LogP contribution is -1.92. The molecule has 2 aromatic rings. The first-order valence-corrected chi connectivity index (χ1v) is 5.24. The Kier molecular flexibility index (Phi) is 2.42. The van der Waals surface area contributed by atoms with Crippen molar-refractivity contribution in [2.75, 3.05) is 0 Å². The molecule has 0 bridgehead atoms. The van der Waals surface area contributed by atoms with E-state index in [1.165, 1.54) is 0 Å². The van der Waals surface area contributed by atoms with E-state index in [-0.39, 0.29) is 0 Å². The third kappa shape index (κ3) is 1.48. The Morgan fingerprint density at radius 1 is 1.21 bits per heavy atom. The van der Waals surface area contributed by atoms with E-state index >= 15 is 0 Å². The number of halogens is 1. The zero-order valence-corrected chi connectivity index (χ0v) is 9.75. The molecule has 0 aliphatic carbocycles. The fourth-order valence-corrected chi connectivity index (χ4v) is 1.93. The van der Waals surface area contributed by atoms with E-state index in [2.05, 4.69) is 33.2 Å². The molecule has 0 saturated heterocycles. The van der Waals surface area contributed by atoms with Crippen LogP contribution < -0.4 is 0 Å². The number of benzene rings is 1. The molecule has 0 aliphatic heterocycles. The minimum absolute atomic E-state index is 1.01. The molecule has 1 heterocycles. The zero-order chi connectivity index (χ0) is 10.1. The van der Waals surface area contributed by atoms with Gasteiger partial charge in [-0.05, 0) is 22.9 Å². The van der Waals surface area contributed by atoms with Crippen LogP contribution in [0.4, 0.5) is 0 Å². The molecule has 2 rings (SSSR count). The summed E-state index contributed by atoms with van der Waals surface area (Å²) in [4.78, 5) is 0. The second-order valence-corrected chi connectivity index (χ2v) is 4.03. The molecule has 14 heavy (non-hydrogen) atoms. The molecule has 0 amide bonds. The number of nitrogens with zero attached hydrogens (tertiary/aromatic N) is 2. The summed E-state index contributed by atoms with van der Waals surface area (Å²) in [6, 6.07) is 10.2. The molecule has 0 fully saturated rings. The van der Waals surface area contributed by atoms with Gasteiger partial charge in [0.05, 0.1) is 4.47 Å². The third-order valence-electron chi connectivity index (χ3n) is 2.31. The SMILES string of the molecule is Cc1c(Br)c(-c2ccccc2)nn1C. The molecule has 72 valence electrons. The fourth-order valence-electron chi connectivity index (χ4n) is 1.36. The van der Waals surface area contributed by atoms with Crippen molar-refractivity contribution in [1.29, 1.82) is 0 Å². The Morgan fingerprint density at radius 2 is 1.86 bits per heavy atom. The summed E-state index contributed by atoms with van der Waals surface area (Å²) in [5.74, 6) is 0. The van der Waals surface area contributed by atoms with Crippen molar-refractivity contribution >= 4 is 15.9 Å². The lowest BCUT2D eigenvalue weighted by Gasteiger charge is -1.95. The van der Waals surface area contributed by atoms with E-state index < -0.39 is 0 Å². The Bertz CT molecular complexity index is 446. The Hall–Kier alpha value is -1.09. The number of aryl methyl sites for hydroxylation is 1. The van der Waals surface area contributed by atoms with Crippen LogP contribution in [0.3, 0.4) is 0 Å². The van der Waals surface area contributed by atoms with Gasteiger partial charge >= 0.3 is 0 Å². The third-order valence-corrected chi connectivity index (χ3v) is 3.26. The van der Waals surface area contributed by atoms with E-state index in [1.807, 2.05) is 36.9 Å². The molecule has 2 nitrogen and oxygen atoms in total. The highest BCUT2D eigenvalue weighted by Gasteiger charge is 2.10. The van der Waals surface area contributed by atoms with Crippen molar-refractivity contribution in [3.8, 4) is 11.3 Å². The van der Waals surface area contributed by atoms with Crippen LogP contribution in [0.5, 0.6) is 0 Å². The first kappa shape index (κ1) is 9.46. The van der Waals surface area contributed by atoms with E-state index in [1.54, 1.807) is 0 Å². The smallest absolute Gasteiger partial charge is 0.107 e. The van der Waals surface area contributed by atoms with Gasteiger partial charge in [-0.15, -0.1) is 0 Å². The van der Waals surface area contributed by atoms with Crippen LogP contribution in [-0.4, -0.2) is 9.78 Å². The lowest BCUT2D eigenvalue weighted by molar-refractivity contribution is 0.742. The van der Waals surface area contributed by atoms with Gasteiger partial charge in [-0.3, -0.25) is 4.68 Å². The first-order valence-electron chi connectivity index (χ1n) is 4.44. The molecular formula is C11H11BrN2. The largest absolute Gasteiger partial charge is 0.271 e. The molecule has 0 radical (unpaired) electrons. The summed E-state index contributed by atoms with van der Waals surface area (Å²) in [5, 5.41) is 4.45. The average Bonchev–Trinajstić information content (AvgIpc) is 2.47. The standard InChI is InChI=1S/C11H11BrN2/c1-8-10(12)11(13-14(8)2)9-6-4-3-5-7-9/h3-7H,1-2H3. The van der Waals surface area contributed by atoms with Crippen LogP contribution in [0.25, 0.3) is 11.3 Å². The van der Waals surface area contributed by atoms with Gasteiger partial charge in [0.1, 0.15) is 5.69 Å². The highest BCUT2D eigenvalue weighted by Crippen LogP contribution is 2.29. The molecule has 0 unspecified atom stereocenters. The van der Waals surface area contributed by atoms with Gasteiger partial charge in [0.25, 0.3) is 0 Å². The van der Waals surface area contributed by atoms with Crippen molar-refractivity contribution in [3.63, 3.8) is 0 Å². The van der Waals surface area contributed by atoms with Crippen LogP contribution in [-0.2, 0) is 7.05 Å². The second kappa shape index (κ2) is 3.58. The van der Waals surface area contributed by atoms with Gasteiger partial charge in [0, 0.05) is 18.3 Å². The molecule has 0 spiro atoms. The van der Waals surface area contributed by atoms with Gasteiger partial charge < -0.3 is 0 Å². The van der Waals surface area contributed by atoms with Crippen LogP contribution in [0.15, 0.2) is 34.8 Å². The maximum Gasteiger partial charge on any atom is 0.107 e. The predicted octanol–water partition coefficient (Wildman–Crippen LogP) is 3.16. The van der Waals surface area contributed by atoms with Crippen molar-refractivity contribution in [1.82, 2.24) is 9.78 Å². The van der Waals surface area contributed by atoms with E-state index in [9.17, 15) is 0 Å². The number of rotatable bonds is 1. The summed E-state index contributed by atoms with van der Waals surface area (Å²) in [6.45, 7) is 2.05. The van der Waals surface area contributed by atoms with Crippen molar-refractivity contribution in [3.05, 3.63) is 40.5 Å². The summed E-state index contributed by atoms with van der Waals surface area (Å²) in [6.07, 6.45) is 0. The lowest BCUT2D eigenvalue weighted by atomic mass is 10.1. The van der Waals surface area contributed by atoms with E-state index in [4.69, 9.17) is 0 Å². The molecule has 0 aliphatic rings. The highest BCUT2D eigenvalue weighted by molar-refractivity contribution is 9.10. The Labute approximate surface area is 91.7 Å². The van der Waals surface area contributed by atoms with Crippen LogP contribution in [0.1, 0.15) is 5.69 Å². The van der Waals surface area contributed by atoms with Gasteiger partial charge in [-0.25, -0.2) is 0 Å². The minimum atomic E-state index is 1.01. The topological polar surface area (TPSA) is 17.8 Å². The molecule has 0 N–H and O–H groups in total. The minimum Gasteiger partial charge on any atom is -0.271 e. The van der Waals surface area contributed by atoms with Crippen molar-refractivity contribution in [2.45, 2.75) is 6.92 Å². The van der Waals surface area contributed by atoms with Crippen LogP contribution in [0, 0.1) is 6.92 Å². The molecule has 0 saturated carbocycles. The normalized spacial score (nSPS) is 10.5. The van der Waals surface area contributed by atoms with Gasteiger partial charge in [0.15, 0.2) is 0 Å². The van der Waals surface area contributed by atoms with E-state index in [0.29, 0.717) is 0 Å². The van der Waals surface area contributed by atoms with Crippen molar-refractivity contribution in [2.24, 2.45) is 7.05 Å². The number of hydrogen-bond donors (Lipinski definition) is 0. The van der Waals surface area contributed by atoms with E-state index in [0.717, 1.165) is 21.4 Å². The summed E-state index contributed by atoms with van der Waals surface area (Å²) >= 11 is 3.55. The van der Waals surface area contributed by atoms with Crippen molar-refractivity contribution < 1.29 is 0 Å². The number of hydrogen-bond acceptors (Lipinski definition) is 1. The first-order chi connectivity index (χ1) is 6.70. The Balaban J connectivity index is 2.58. The molecule has 1 aromatic carbocycles. The van der Waals surface area contributed by atoms with Crippen LogP contribution >= 0.6 is 15.9 Å². The van der Waals surface area contributed by atoms with Gasteiger partial charge in [-0.1, -0.05) is 30.3 Å². The molecule has 0 atom stereocenters. The average molecular weight is 251 g/mol. The molecule has 1 aromatic heterocycles. The zero-order valence-electron chi connectivity index (χ0n) is 8.16. The summed E-state index contributed by atoms with van der Waals surface area (Å²) in [7, 11) is 1.95. The second-order valence-electron chi connectivity index (χ2n) is 3.24. The Morgan fingerprint density at radius 3 is 2.36 bits per heavy atom. The predicted molar refractivity (Wildman–Crippen MR) is 61.1 cm³/mol. The van der Waals surface area contributed by atoms with Gasteiger partial charge in [-0.2, -0.15) is 5.10 Å². The summed E-state index contributed by atoms with van der Waals surface area (Å²) < 4.78 is 2.96. The quantitative estimate of drug-likeness (QED) is 0.761. The monoisotopic (exact) mass is 250 g/mol.